The number of esters is 3. The summed E-state index contributed by atoms with van der Waals surface area (Å²) in [6, 6.07) is 0. The molecule has 0 heterocycles. The number of allylic oxidation sites excluding steroid dienone is 4. The Morgan fingerprint density at radius 3 is 0.663 bits per heavy atom. The van der Waals surface area contributed by atoms with Crippen LogP contribution >= 0.6 is 0 Å². The highest BCUT2D eigenvalue weighted by molar-refractivity contribution is 5.71. The summed E-state index contributed by atoms with van der Waals surface area (Å²) in [7, 11) is 0. The standard InChI is InChI=1S/C77H146O6/c1-4-7-10-13-16-19-22-25-27-29-31-32-33-34-35-36-37-38-39-40-41-42-43-44-45-46-47-49-50-52-55-58-61-64-67-70-76(79)82-73-74(72-81-75(78)69-66-63-60-57-54-24-21-18-15-12-9-6-3)83-77(80)71-68-65-62-59-56-53-51-48-30-28-26-23-20-17-14-11-8-5-2/h22,25,29,31,74H,4-21,23-24,26-28,30,32-73H2,1-3H3/b25-22-,31-29-. The van der Waals surface area contributed by atoms with Gasteiger partial charge in [-0.15, -0.1) is 0 Å². The normalized spacial score (nSPS) is 12.1. The van der Waals surface area contributed by atoms with Crippen LogP contribution in [0.25, 0.3) is 0 Å². The van der Waals surface area contributed by atoms with Gasteiger partial charge in [-0.05, 0) is 51.4 Å². The molecule has 0 fully saturated rings. The third kappa shape index (κ3) is 70.5. The minimum absolute atomic E-state index is 0.0623. The summed E-state index contributed by atoms with van der Waals surface area (Å²) in [5.74, 6) is -0.826. The predicted octanol–water partition coefficient (Wildman–Crippen LogP) is 26.1. The number of unbranched alkanes of at least 4 members (excludes halogenated alkanes) is 56. The van der Waals surface area contributed by atoms with Crippen LogP contribution in [0.1, 0.15) is 432 Å². The fourth-order valence-corrected chi connectivity index (χ4v) is 11.8. The fourth-order valence-electron chi connectivity index (χ4n) is 11.8. The Bertz CT molecular complexity index is 1340. The van der Waals surface area contributed by atoms with Gasteiger partial charge in [0.2, 0.25) is 0 Å². The molecule has 83 heavy (non-hydrogen) atoms. The maximum absolute atomic E-state index is 12.9. The number of ether oxygens (including phenoxy) is 3. The van der Waals surface area contributed by atoms with E-state index in [-0.39, 0.29) is 31.1 Å². The summed E-state index contributed by atoms with van der Waals surface area (Å²) in [5, 5.41) is 0. The SMILES string of the molecule is CCCCCCC/C=C\C/C=C\CCCCCCCCCCCCCCCCCCCCCCCCCC(=O)OCC(COC(=O)CCCCCCCCCCCCCC)OC(=O)CCCCCCCCCCCCCCCCCCCC. The molecule has 0 radical (unpaired) electrons. The van der Waals surface area contributed by atoms with Gasteiger partial charge in [0.1, 0.15) is 13.2 Å². The first kappa shape index (κ1) is 80.9. The predicted molar refractivity (Wildman–Crippen MR) is 363 cm³/mol. The van der Waals surface area contributed by atoms with Gasteiger partial charge in [-0.25, -0.2) is 0 Å². The Morgan fingerprint density at radius 2 is 0.434 bits per heavy atom. The minimum atomic E-state index is -0.765. The van der Waals surface area contributed by atoms with Crippen molar-refractivity contribution in [1.82, 2.24) is 0 Å². The zero-order valence-corrected chi connectivity index (χ0v) is 56.5. The zero-order chi connectivity index (χ0) is 59.9. The van der Waals surface area contributed by atoms with E-state index in [1.165, 1.54) is 327 Å². The maximum atomic E-state index is 12.9. The lowest BCUT2D eigenvalue weighted by Gasteiger charge is -2.18. The zero-order valence-electron chi connectivity index (χ0n) is 56.5. The van der Waals surface area contributed by atoms with Crippen molar-refractivity contribution in [1.29, 1.82) is 0 Å². The van der Waals surface area contributed by atoms with Crippen molar-refractivity contribution >= 4 is 17.9 Å². The van der Waals surface area contributed by atoms with E-state index in [9.17, 15) is 14.4 Å². The molecular weight excluding hydrogens is 1020 g/mol. The lowest BCUT2D eigenvalue weighted by atomic mass is 10.0. The molecule has 0 aliphatic carbocycles. The number of hydrogen-bond acceptors (Lipinski definition) is 6. The van der Waals surface area contributed by atoms with Crippen molar-refractivity contribution < 1.29 is 28.6 Å². The smallest absolute Gasteiger partial charge is 0.306 e. The average molecular weight is 1170 g/mol. The largest absolute Gasteiger partial charge is 0.462 e. The van der Waals surface area contributed by atoms with Crippen LogP contribution in [0.15, 0.2) is 24.3 Å². The molecule has 0 aliphatic heterocycles. The molecule has 0 N–H and O–H groups in total. The van der Waals surface area contributed by atoms with Crippen LogP contribution in [0, 0.1) is 0 Å². The lowest BCUT2D eigenvalue weighted by molar-refractivity contribution is -0.167. The van der Waals surface area contributed by atoms with E-state index in [4.69, 9.17) is 14.2 Å². The number of hydrogen-bond donors (Lipinski definition) is 0. The summed E-state index contributed by atoms with van der Waals surface area (Å²) in [4.78, 5) is 38.4. The molecule has 0 amide bonds. The Hall–Kier alpha value is -2.11. The van der Waals surface area contributed by atoms with Crippen LogP contribution in [-0.4, -0.2) is 37.2 Å². The third-order valence-corrected chi connectivity index (χ3v) is 17.5. The first-order valence-corrected chi connectivity index (χ1v) is 37.8. The highest BCUT2D eigenvalue weighted by Crippen LogP contribution is 2.19. The Labute approximate surface area is 519 Å². The van der Waals surface area contributed by atoms with Crippen molar-refractivity contribution in [3.05, 3.63) is 24.3 Å². The van der Waals surface area contributed by atoms with Crippen LogP contribution in [-0.2, 0) is 28.6 Å². The molecule has 0 saturated carbocycles. The summed E-state index contributed by atoms with van der Waals surface area (Å²) in [6.07, 6.45) is 89.5. The van der Waals surface area contributed by atoms with Crippen LogP contribution in [0.5, 0.6) is 0 Å². The van der Waals surface area contributed by atoms with Crippen LogP contribution < -0.4 is 0 Å². The summed E-state index contributed by atoms with van der Waals surface area (Å²) < 4.78 is 17.0. The van der Waals surface area contributed by atoms with Gasteiger partial charge in [0, 0.05) is 19.3 Å². The van der Waals surface area contributed by atoms with Crippen LogP contribution in [0.3, 0.4) is 0 Å². The molecule has 0 aromatic heterocycles. The molecule has 0 saturated heterocycles. The van der Waals surface area contributed by atoms with Gasteiger partial charge in [-0.2, -0.15) is 0 Å². The monoisotopic (exact) mass is 1170 g/mol. The van der Waals surface area contributed by atoms with E-state index in [2.05, 4.69) is 45.1 Å². The molecule has 1 atom stereocenters. The van der Waals surface area contributed by atoms with Gasteiger partial charge in [0.25, 0.3) is 0 Å². The van der Waals surface area contributed by atoms with E-state index in [0.29, 0.717) is 19.3 Å². The topological polar surface area (TPSA) is 78.9 Å². The second kappa shape index (κ2) is 72.4. The summed E-state index contributed by atoms with van der Waals surface area (Å²) in [5.41, 5.74) is 0. The van der Waals surface area contributed by atoms with E-state index >= 15 is 0 Å². The second-order valence-corrected chi connectivity index (χ2v) is 25.9. The number of carbonyl (C=O) groups excluding carboxylic acids is 3. The molecule has 490 valence electrons. The second-order valence-electron chi connectivity index (χ2n) is 25.9. The van der Waals surface area contributed by atoms with Crippen LogP contribution in [0.4, 0.5) is 0 Å². The van der Waals surface area contributed by atoms with Gasteiger partial charge in [-0.3, -0.25) is 14.4 Å². The van der Waals surface area contributed by atoms with E-state index < -0.39 is 6.10 Å². The van der Waals surface area contributed by atoms with E-state index in [1.54, 1.807) is 0 Å². The minimum Gasteiger partial charge on any atom is -0.462 e. The Kier molecular flexibility index (Phi) is 70.5. The fraction of sp³-hybridized carbons (Fsp3) is 0.909. The van der Waals surface area contributed by atoms with Gasteiger partial charge in [0.05, 0.1) is 0 Å². The summed E-state index contributed by atoms with van der Waals surface area (Å²) >= 11 is 0. The lowest BCUT2D eigenvalue weighted by Crippen LogP contribution is -2.30. The van der Waals surface area contributed by atoms with Crippen molar-refractivity contribution in [2.45, 2.75) is 438 Å². The quantitative estimate of drug-likeness (QED) is 0.0261. The first-order chi connectivity index (χ1) is 41.0. The molecule has 6 nitrogen and oxygen atoms in total. The van der Waals surface area contributed by atoms with Crippen molar-refractivity contribution in [2.24, 2.45) is 0 Å². The molecule has 0 spiro atoms. The van der Waals surface area contributed by atoms with Crippen molar-refractivity contribution in [3.63, 3.8) is 0 Å². The molecule has 0 aliphatic rings. The molecule has 0 rings (SSSR count). The molecule has 0 aromatic carbocycles. The van der Waals surface area contributed by atoms with E-state index in [0.717, 1.165) is 64.2 Å². The third-order valence-electron chi connectivity index (χ3n) is 17.5. The number of carbonyl (C=O) groups is 3. The Balaban J connectivity index is 4.04. The average Bonchev–Trinajstić information content (AvgIpc) is 3.49. The molecule has 0 aromatic rings. The summed E-state index contributed by atoms with van der Waals surface area (Å²) in [6.45, 7) is 6.71. The Morgan fingerprint density at radius 1 is 0.241 bits per heavy atom. The maximum Gasteiger partial charge on any atom is 0.306 e. The van der Waals surface area contributed by atoms with Gasteiger partial charge in [0.15, 0.2) is 6.10 Å². The van der Waals surface area contributed by atoms with Gasteiger partial charge >= 0.3 is 17.9 Å². The highest BCUT2D eigenvalue weighted by atomic mass is 16.6. The molecule has 1 unspecified atom stereocenters. The highest BCUT2D eigenvalue weighted by Gasteiger charge is 2.20. The van der Waals surface area contributed by atoms with Gasteiger partial charge in [-0.1, -0.05) is 385 Å². The van der Waals surface area contributed by atoms with Gasteiger partial charge < -0.3 is 14.2 Å². The number of rotatable bonds is 71. The van der Waals surface area contributed by atoms with E-state index in [1.807, 2.05) is 0 Å². The molecule has 6 heteroatoms. The van der Waals surface area contributed by atoms with Crippen LogP contribution in [0.2, 0.25) is 0 Å². The molecule has 0 bridgehead atoms. The van der Waals surface area contributed by atoms with Crippen molar-refractivity contribution in [3.8, 4) is 0 Å². The first-order valence-electron chi connectivity index (χ1n) is 37.8. The van der Waals surface area contributed by atoms with Crippen molar-refractivity contribution in [2.75, 3.05) is 13.2 Å². The molecular formula is C77H146O6.